The number of nitrogen functional groups attached to an aromatic ring is 1. The molecule has 2 N–H and O–H groups in total. The van der Waals surface area contributed by atoms with E-state index in [1.807, 2.05) is 0 Å². The second kappa shape index (κ2) is 4.13. The number of aromatic nitrogens is 2. The van der Waals surface area contributed by atoms with Crippen LogP contribution < -0.4 is 5.73 Å². The molecule has 1 aromatic heterocycles. The highest BCUT2D eigenvalue weighted by atomic mass is 35.5. The van der Waals surface area contributed by atoms with E-state index in [-0.39, 0.29) is 0 Å². The van der Waals surface area contributed by atoms with Crippen molar-refractivity contribution in [2.75, 3.05) is 5.73 Å². The maximum atomic E-state index is 5.88. The summed E-state index contributed by atoms with van der Waals surface area (Å²) in [6.45, 7) is 0. The lowest BCUT2D eigenvalue weighted by molar-refractivity contribution is 0.443. The van der Waals surface area contributed by atoms with E-state index in [4.69, 9.17) is 17.3 Å². The average molecular weight is 212 g/mol. The van der Waals surface area contributed by atoms with Crippen molar-refractivity contribution in [3.63, 3.8) is 0 Å². The predicted octanol–water partition coefficient (Wildman–Crippen LogP) is 2.76. The Morgan fingerprint density at radius 1 is 1.29 bits per heavy atom. The molecule has 1 aliphatic rings. The van der Waals surface area contributed by atoms with Crippen molar-refractivity contribution in [1.29, 1.82) is 0 Å². The second-order valence-electron chi connectivity index (χ2n) is 3.84. The van der Waals surface area contributed by atoms with Crippen LogP contribution in [0.3, 0.4) is 0 Å². The highest BCUT2D eigenvalue weighted by molar-refractivity contribution is 6.31. The van der Waals surface area contributed by atoms with Crippen molar-refractivity contribution >= 4 is 17.3 Å². The first-order chi connectivity index (χ1) is 6.79. The lowest BCUT2D eigenvalue weighted by atomic mass is 9.84. The number of rotatable bonds is 1. The minimum atomic E-state index is 0.341. The Labute approximate surface area is 88.7 Å². The molecule has 4 heteroatoms. The van der Waals surface area contributed by atoms with Crippen molar-refractivity contribution < 1.29 is 0 Å². The number of hydrogen-bond donors (Lipinski definition) is 1. The van der Waals surface area contributed by atoms with Crippen LogP contribution in [0.1, 0.15) is 43.6 Å². The third-order valence-corrected chi connectivity index (χ3v) is 3.20. The Morgan fingerprint density at radius 3 is 2.71 bits per heavy atom. The zero-order valence-electron chi connectivity index (χ0n) is 8.04. The van der Waals surface area contributed by atoms with Crippen LogP contribution in [0, 0.1) is 0 Å². The molecule has 0 bridgehead atoms. The maximum absolute atomic E-state index is 5.88. The van der Waals surface area contributed by atoms with Crippen LogP contribution in [-0.4, -0.2) is 10.2 Å². The van der Waals surface area contributed by atoms with Gasteiger partial charge in [0, 0.05) is 5.56 Å². The maximum Gasteiger partial charge on any atom is 0.174 e. The minimum absolute atomic E-state index is 0.341. The largest absolute Gasteiger partial charge is 0.396 e. The first-order valence-corrected chi connectivity index (χ1v) is 5.43. The van der Waals surface area contributed by atoms with Gasteiger partial charge in [-0.1, -0.05) is 30.9 Å². The fraction of sp³-hybridized carbons (Fsp3) is 0.600. The third kappa shape index (κ3) is 1.82. The van der Waals surface area contributed by atoms with Gasteiger partial charge in [-0.15, -0.1) is 5.10 Å². The molecule has 76 valence electrons. The van der Waals surface area contributed by atoms with Gasteiger partial charge in [-0.3, -0.25) is 0 Å². The van der Waals surface area contributed by atoms with E-state index in [2.05, 4.69) is 10.2 Å². The number of anilines is 1. The van der Waals surface area contributed by atoms with Crippen molar-refractivity contribution in [2.45, 2.75) is 38.0 Å². The van der Waals surface area contributed by atoms with Crippen LogP contribution >= 0.6 is 11.6 Å². The molecule has 0 radical (unpaired) electrons. The molecule has 1 heterocycles. The van der Waals surface area contributed by atoms with Gasteiger partial charge in [-0.2, -0.15) is 5.10 Å². The van der Waals surface area contributed by atoms with E-state index >= 15 is 0 Å². The average Bonchev–Trinajstić information content (AvgIpc) is 2.23. The van der Waals surface area contributed by atoms with Gasteiger partial charge in [0.15, 0.2) is 5.15 Å². The zero-order chi connectivity index (χ0) is 9.97. The van der Waals surface area contributed by atoms with Crippen LogP contribution in [0.2, 0.25) is 5.15 Å². The molecule has 0 unspecified atom stereocenters. The SMILES string of the molecule is Nc1c(C2CCCCC2)cnnc1Cl. The standard InChI is InChI=1S/C10H14ClN3/c11-10-9(12)8(6-13-14-10)7-4-2-1-3-5-7/h6-7H,1-5H2,(H2,12,13). The van der Waals surface area contributed by atoms with E-state index in [0.29, 0.717) is 16.8 Å². The molecule has 0 amide bonds. The van der Waals surface area contributed by atoms with E-state index < -0.39 is 0 Å². The summed E-state index contributed by atoms with van der Waals surface area (Å²) in [5, 5.41) is 7.92. The lowest BCUT2D eigenvalue weighted by Gasteiger charge is -2.22. The van der Waals surface area contributed by atoms with Crippen LogP contribution in [0.4, 0.5) is 5.69 Å². The van der Waals surface area contributed by atoms with Crippen molar-refractivity contribution in [2.24, 2.45) is 0 Å². The van der Waals surface area contributed by atoms with Crippen molar-refractivity contribution in [3.8, 4) is 0 Å². The van der Waals surface area contributed by atoms with Gasteiger partial charge in [0.2, 0.25) is 0 Å². The van der Waals surface area contributed by atoms with Crippen LogP contribution in [0.15, 0.2) is 6.20 Å². The number of nitrogens with zero attached hydrogens (tertiary/aromatic N) is 2. The second-order valence-corrected chi connectivity index (χ2v) is 4.20. The normalized spacial score (nSPS) is 18.4. The summed E-state index contributed by atoms with van der Waals surface area (Å²) in [6.07, 6.45) is 8.06. The molecule has 1 saturated carbocycles. The molecule has 0 atom stereocenters. The van der Waals surface area contributed by atoms with Crippen molar-refractivity contribution in [3.05, 3.63) is 16.9 Å². The smallest absolute Gasteiger partial charge is 0.174 e. The molecule has 1 aromatic rings. The summed E-state index contributed by atoms with van der Waals surface area (Å²) in [6, 6.07) is 0. The van der Waals surface area contributed by atoms with E-state index in [9.17, 15) is 0 Å². The van der Waals surface area contributed by atoms with Gasteiger partial charge < -0.3 is 5.73 Å². The molecular weight excluding hydrogens is 198 g/mol. The fourth-order valence-corrected chi connectivity index (χ4v) is 2.28. The molecule has 1 aliphatic carbocycles. The van der Waals surface area contributed by atoms with Gasteiger partial charge in [0.05, 0.1) is 11.9 Å². The highest BCUT2D eigenvalue weighted by Crippen LogP contribution is 2.36. The summed E-state index contributed by atoms with van der Waals surface area (Å²) in [5.74, 6) is 0.539. The van der Waals surface area contributed by atoms with Gasteiger partial charge in [-0.05, 0) is 18.8 Å². The molecule has 0 saturated heterocycles. The molecule has 0 spiro atoms. The Kier molecular flexibility index (Phi) is 2.87. The summed E-state index contributed by atoms with van der Waals surface area (Å²) in [4.78, 5) is 0. The zero-order valence-corrected chi connectivity index (χ0v) is 8.80. The molecular formula is C10H14ClN3. The molecule has 1 fully saturated rings. The van der Waals surface area contributed by atoms with Crippen LogP contribution in [0.5, 0.6) is 0 Å². The summed E-state index contributed by atoms with van der Waals surface area (Å²) >= 11 is 5.83. The quantitative estimate of drug-likeness (QED) is 0.777. The van der Waals surface area contributed by atoms with Crippen LogP contribution in [-0.2, 0) is 0 Å². The van der Waals surface area contributed by atoms with E-state index in [1.165, 1.54) is 32.1 Å². The summed E-state index contributed by atoms with van der Waals surface area (Å²) < 4.78 is 0. The summed E-state index contributed by atoms with van der Waals surface area (Å²) in [5.41, 5.74) is 7.59. The first kappa shape index (κ1) is 9.71. The Bertz CT molecular complexity index is 321. The molecule has 2 rings (SSSR count). The fourth-order valence-electron chi connectivity index (χ4n) is 2.12. The minimum Gasteiger partial charge on any atom is -0.396 e. The molecule has 3 nitrogen and oxygen atoms in total. The third-order valence-electron chi connectivity index (χ3n) is 2.92. The predicted molar refractivity (Wildman–Crippen MR) is 57.3 cm³/mol. The lowest BCUT2D eigenvalue weighted by Crippen LogP contribution is -2.08. The number of hydrogen-bond acceptors (Lipinski definition) is 3. The monoisotopic (exact) mass is 211 g/mol. The Hall–Kier alpha value is -0.830. The first-order valence-electron chi connectivity index (χ1n) is 5.05. The summed E-state index contributed by atoms with van der Waals surface area (Å²) in [7, 11) is 0. The van der Waals surface area contributed by atoms with Gasteiger partial charge in [0.25, 0.3) is 0 Å². The number of halogens is 1. The van der Waals surface area contributed by atoms with Crippen molar-refractivity contribution in [1.82, 2.24) is 10.2 Å². The van der Waals surface area contributed by atoms with Gasteiger partial charge >= 0.3 is 0 Å². The Morgan fingerprint density at radius 2 is 2.00 bits per heavy atom. The van der Waals surface area contributed by atoms with E-state index in [0.717, 1.165) is 5.56 Å². The van der Waals surface area contributed by atoms with E-state index in [1.54, 1.807) is 6.20 Å². The van der Waals surface area contributed by atoms with Gasteiger partial charge in [0.1, 0.15) is 0 Å². The topological polar surface area (TPSA) is 51.8 Å². The highest BCUT2D eigenvalue weighted by Gasteiger charge is 2.19. The Balaban J connectivity index is 2.26. The molecule has 0 aliphatic heterocycles. The number of nitrogens with two attached hydrogens (primary N) is 1. The van der Waals surface area contributed by atoms with Crippen LogP contribution in [0.25, 0.3) is 0 Å². The molecule has 14 heavy (non-hydrogen) atoms. The van der Waals surface area contributed by atoms with Gasteiger partial charge in [-0.25, -0.2) is 0 Å². The molecule has 0 aromatic carbocycles.